The van der Waals surface area contributed by atoms with Gasteiger partial charge in [0.1, 0.15) is 22.8 Å². The maximum Gasteiger partial charge on any atom is 0.339 e. The molecular formula is C21H20ClNO5. The Morgan fingerprint density at radius 2 is 1.89 bits per heavy atom. The van der Waals surface area contributed by atoms with E-state index in [-0.39, 0.29) is 17.9 Å². The van der Waals surface area contributed by atoms with Gasteiger partial charge in [-0.2, -0.15) is 0 Å². The monoisotopic (exact) mass is 401 g/mol. The molecule has 28 heavy (non-hydrogen) atoms. The summed E-state index contributed by atoms with van der Waals surface area (Å²) in [6.07, 6.45) is 2.52. The van der Waals surface area contributed by atoms with Crippen LogP contribution in [0, 0.1) is 0 Å². The van der Waals surface area contributed by atoms with E-state index in [0.29, 0.717) is 33.4 Å². The van der Waals surface area contributed by atoms with E-state index in [1.807, 2.05) is 6.07 Å². The Balaban J connectivity index is 1.76. The molecule has 0 saturated heterocycles. The van der Waals surface area contributed by atoms with Gasteiger partial charge in [-0.05, 0) is 37.0 Å². The number of phenolic OH excluding ortho intramolecular Hbond substituents is 1. The third-order valence-electron chi connectivity index (χ3n) is 5.15. The standard InChI is InChI=1S/C21H20ClNO5/c1-26-18-9-16(19(27-2)8-15(18)22)23-10-14-17(24)7-6-12-11-4-3-5-13(11)21(25)28-20(12)14/h6-9,23-24H,3-5,10H2,1-2H3. The SMILES string of the molecule is COc1cc(NCc2c(O)ccc3c4c(c(=O)oc23)CCC4)c(OC)cc1Cl. The molecule has 0 atom stereocenters. The zero-order valence-electron chi connectivity index (χ0n) is 15.6. The van der Waals surface area contributed by atoms with Crippen LogP contribution in [0.25, 0.3) is 11.0 Å². The van der Waals surface area contributed by atoms with Crippen LogP contribution in [-0.2, 0) is 19.4 Å². The number of ether oxygens (including phenoxy) is 2. The fourth-order valence-corrected chi connectivity index (χ4v) is 3.98. The Bertz CT molecular complexity index is 1120. The van der Waals surface area contributed by atoms with Crippen LogP contribution >= 0.6 is 11.6 Å². The first-order valence-electron chi connectivity index (χ1n) is 8.98. The molecule has 0 spiro atoms. The van der Waals surface area contributed by atoms with Crippen LogP contribution in [0.1, 0.15) is 23.1 Å². The summed E-state index contributed by atoms with van der Waals surface area (Å²) in [4.78, 5) is 12.4. The minimum Gasteiger partial charge on any atom is -0.507 e. The molecule has 0 bridgehead atoms. The van der Waals surface area contributed by atoms with Gasteiger partial charge < -0.3 is 24.3 Å². The molecule has 7 heteroatoms. The zero-order chi connectivity index (χ0) is 19.8. The van der Waals surface area contributed by atoms with E-state index in [1.54, 1.807) is 25.3 Å². The lowest BCUT2D eigenvalue weighted by atomic mass is 10.0. The third kappa shape index (κ3) is 3.03. The van der Waals surface area contributed by atoms with Crippen LogP contribution < -0.4 is 20.4 Å². The Morgan fingerprint density at radius 1 is 1.14 bits per heavy atom. The highest BCUT2D eigenvalue weighted by Gasteiger charge is 2.22. The molecule has 3 aromatic rings. The Hall–Kier alpha value is -2.86. The van der Waals surface area contributed by atoms with Crippen molar-refractivity contribution >= 4 is 28.3 Å². The second kappa shape index (κ2) is 7.28. The third-order valence-corrected chi connectivity index (χ3v) is 5.44. The number of nitrogens with one attached hydrogen (secondary N) is 1. The molecular weight excluding hydrogens is 382 g/mol. The maximum absolute atomic E-state index is 12.4. The summed E-state index contributed by atoms with van der Waals surface area (Å²) in [6.45, 7) is 0.228. The van der Waals surface area contributed by atoms with E-state index in [9.17, 15) is 9.90 Å². The highest BCUT2D eigenvalue weighted by atomic mass is 35.5. The first-order chi connectivity index (χ1) is 13.5. The zero-order valence-corrected chi connectivity index (χ0v) is 16.4. The highest BCUT2D eigenvalue weighted by molar-refractivity contribution is 6.32. The summed E-state index contributed by atoms with van der Waals surface area (Å²) in [5, 5.41) is 14.9. The number of rotatable bonds is 5. The number of aromatic hydroxyl groups is 1. The maximum atomic E-state index is 12.4. The molecule has 0 fully saturated rings. The van der Waals surface area contributed by atoms with Crippen molar-refractivity contribution in [2.45, 2.75) is 25.8 Å². The molecule has 1 aliphatic carbocycles. The molecule has 0 saturated carbocycles. The molecule has 1 aliphatic rings. The molecule has 6 nitrogen and oxygen atoms in total. The average molecular weight is 402 g/mol. The topological polar surface area (TPSA) is 80.9 Å². The molecule has 1 heterocycles. The normalized spacial score (nSPS) is 12.8. The predicted octanol–water partition coefficient (Wildman–Crippen LogP) is 4.27. The van der Waals surface area contributed by atoms with Crippen LogP contribution in [0.4, 0.5) is 5.69 Å². The summed E-state index contributed by atoms with van der Waals surface area (Å²) in [5.74, 6) is 1.09. The number of anilines is 1. The first-order valence-corrected chi connectivity index (χ1v) is 9.36. The number of halogens is 1. The van der Waals surface area contributed by atoms with E-state index in [1.165, 1.54) is 7.11 Å². The number of fused-ring (bicyclic) bond motifs is 3. The molecule has 0 radical (unpaired) electrons. The summed E-state index contributed by atoms with van der Waals surface area (Å²) in [6, 6.07) is 6.82. The number of hydrogen-bond acceptors (Lipinski definition) is 6. The number of benzene rings is 2. The Morgan fingerprint density at radius 3 is 2.64 bits per heavy atom. The van der Waals surface area contributed by atoms with Crippen molar-refractivity contribution in [1.29, 1.82) is 0 Å². The van der Waals surface area contributed by atoms with E-state index in [4.69, 9.17) is 25.5 Å². The fourth-order valence-electron chi connectivity index (χ4n) is 3.75. The quantitative estimate of drug-likeness (QED) is 0.621. The summed E-state index contributed by atoms with van der Waals surface area (Å²) in [7, 11) is 3.07. The van der Waals surface area contributed by atoms with E-state index < -0.39 is 0 Å². The van der Waals surface area contributed by atoms with Gasteiger partial charge in [0.2, 0.25) is 0 Å². The number of hydrogen-bond donors (Lipinski definition) is 2. The predicted molar refractivity (Wildman–Crippen MR) is 108 cm³/mol. The van der Waals surface area contributed by atoms with Gasteiger partial charge in [0, 0.05) is 29.6 Å². The van der Waals surface area contributed by atoms with Crippen molar-refractivity contribution in [3.05, 3.63) is 56.4 Å². The molecule has 0 unspecified atom stereocenters. The largest absolute Gasteiger partial charge is 0.507 e. The molecule has 0 aliphatic heterocycles. The molecule has 2 N–H and O–H groups in total. The summed E-state index contributed by atoms with van der Waals surface area (Å²) < 4.78 is 16.2. The minimum absolute atomic E-state index is 0.0565. The molecule has 2 aromatic carbocycles. The van der Waals surface area contributed by atoms with Crippen LogP contribution in [0.5, 0.6) is 17.2 Å². The van der Waals surface area contributed by atoms with Crippen molar-refractivity contribution in [1.82, 2.24) is 0 Å². The van der Waals surface area contributed by atoms with Gasteiger partial charge in [-0.3, -0.25) is 0 Å². The van der Waals surface area contributed by atoms with Crippen molar-refractivity contribution in [3.63, 3.8) is 0 Å². The van der Waals surface area contributed by atoms with Crippen LogP contribution in [0.15, 0.2) is 33.5 Å². The lowest BCUT2D eigenvalue weighted by Crippen LogP contribution is -2.09. The lowest BCUT2D eigenvalue weighted by molar-refractivity contribution is 0.404. The van der Waals surface area contributed by atoms with Crippen molar-refractivity contribution in [2.24, 2.45) is 0 Å². The molecule has 146 valence electrons. The second-order valence-corrected chi connectivity index (χ2v) is 7.09. The average Bonchev–Trinajstić information content (AvgIpc) is 3.18. The van der Waals surface area contributed by atoms with Crippen molar-refractivity contribution < 1.29 is 19.0 Å². The first kappa shape index (κ1) is 18.5. The van der Waals surface area contributed by atoms with Crippen molar-refractivity contribution in [2.75, 3.05) is 19.5 Å². The number of methoxy groups -OCH3 is 2. The van der Waals surface area contributed by atoms with Gasteiger partial charge in [-0.15, -0.1) is 0 Å². The van der Waals surface area contributed by atoms with E-state index in [0.717, 1.165) is 35.8 Å². The second-order valence-electron chi connectivity index (χ2n) is 6.68. The van der Waals surface area contributed by atoms with Gasteiger partial charge in [0.05, 0.1) is 30.5 Å². The summed E-state index contributed by atoms with van der Waals surface area (Å²) in [5.41, 5.74) is 3.03. The van der Waals surface area contributed by atoms with Crippen molar-refractivity contribution in [3.8, 4) is 17.2 Å². The van der Waals surface area contributed by atoms with Gasteiger partial charge in [-0.1, -0.05) is 11.6 Å². The fraction of sp³-hybridized carbons (Fsp3) is 0.286. The van der Waals surface area contributed by atoms with Crippen LogP contribution in [0.2, 0.25) is 5.02 Å². The van der Waals surface area contributed by atoms with Crippen LogP contribution in [-0.4, -0.2) is 19.3 Å². The smallest absolute Gasteiger partial charge is 0.339 e. The molecule has 1 aromatic heterocycles. The van der Waals surface area contributed by atoms with Gasteiger partial charge >= 0.3 is 5.63 Å². The van der Waals surface area contributed by atoms with Crippen LogP contribution in [0.3, 0.4) is 0 Å². The number of aryl methyl sites for hydroxylation is 1. The van der Waals surface area contributed by atoms with Gasteiger partial charge in [-0.25, -0.2) is 4.79 Å². The number of phenols is 1. The minimum atomic E-state index is -0.322. The highest BCUT2D eigenvalue weighted by Crippen LogP contribution is 2.37. The van der Waals surface area contributed by atoms with Gasteiger partial charge in [0.25, 0.3) is 0 Å². The summed E-state index contributed by atoms with van der Waals surface area (Å²) >= 11 is 6.15. The van der Waals surface area contributed by atoms with Gasteiger partial charge in [0.15, 0.2) is 0 Å². The molecule has 0 amide bonds. The van der Waals surface area contributed by atoms with E-state index in [2.05, 4.69) is 5.32 Å². The Kier molecular flexibility index (Phi) is 4.81. The van der Waals surface area contributed by atoms with E-state index >= 15 is 0 Å². The Labute approximate surface area is 166 Å². The molecule has 4 rings (SSSR count). The lowest BCUT2D eigenvalue weighted by Gasteiger charge is -2.15.